The van der Waals surface area contributed by atoms with Crippen molar-refractivity contribution < 1.29 is 5.11 Å². The summed E-state index contributed by atoms with van der Waals surface area (Å²) in [5.74, 6) is 2.72. The first-order valence-corrected chi connectivity index (χ1v) is 7.00. The van der Waals surface area contributed by atoms with E-state index in [1.165, 1.54) is 32.1 Å². The van der Waals surface area contributed by atoms with E-state index in [-0.39, 0.29) is 6.10 Å². The molecule has 2 aliphatic rings. The molecule has 0 heterocycles. The maximum absolute atomic E-state index is 10.5. The lowest BCUT2D eigenvalue weighted by atomic mass is 9.70. The minimum atomic E-state index is -0.0462. The second kappa shape index (κ2) is 5.35. The molecule has 0 saturated heterocycles. The second-order valence-corrected chi connectivity index (χ2v) is 6.21. The molecule has 2 aliphatic carbocycles. The van der Waals surface area contributed by atoms with E-state index in [1.54, 1.807) is 0 Å². The van der Waals surface area contributed by atoms with E-state index < -0.39 is 0 Å². The molecule has 0 aromatic rings. The zero-order valence-corrected chi connectivity index (χ0v) is 10.7. The first-order valence-electron chi connectivity index (χ1n) is 7.00. The average Bonchev–Trinajstić information content (AvgIpc) is 2.28. The quantitative estimate of drug-likeness (QED) is 0.705. The topological polar surface area (TPSA) is 20.2 Å². The van der Waals surface area contributed by atoms with Crippen molar-refractivity contribution in [3.8, 4) is 0 Å². The lowest BCUT2D eigenvalue weighted by Gasteiger charge is -2.37. The third-order valence-corrected chi connectivity index (χ3v) is 4.49. The van der Waals surface area contributed by atoms with Crippen LogP contribution in [-0.4, -0.2) is 11.2 Å². The molecule has 0 aromatic heterocycles. The summed E-state index contributed by atoms with van der Waals surface area (Å²) < 4.78 is 0. The Kier molecular flexibility index (Phi) is 4.07. The molecule has 0 bridgehead atoms. The molecular formula is C15H26O. The van der Waals surface area contributed by atoms with Crippen LogP contribution in [0.3, 0.4) is 0 Å². The smallest absolute Gasteiger partial charge is 0.0599 e. The van der Waals surface area contributed by atoms with Crippen molar-refractivity contribution in [1.82, 2.24) is 0 Å². The summed E-state index contributed by atoms with van der Waals surface area (Å²) in [7, 11) is 0. The Morgan fingerprint density at radius 3 is 2.25 bits per heavy atom. The highest BCUT2D eigenvalue weighted by Crippen LogP contribution is 2.38. The van der Waals surface area contributed by atoms with E-state index in [9.17, 15) is 5.11 Å². The van der Waals surface area contributed by atoms with Gasteiger partial charge < -0.3 is 5.11 Å². The predicted octanol–water partition coefficient (Wildman–Crippen LogP) is 3.78. The number of aliphatic hydroxyl groups is 1. The third-order valence-electron chi connectivity index (χ3n) is 4.49. The molecule has 0 aliphatic heterocycles. The van der Waals surface area contributed by atoms with E-state index in [1.807, 2.05) is 0 Å². The SMILES string of the molecule is CC1CC(C)CC(C(O)C2CC=CCC2)C1. The van der Waals surface area contributed by atoms with Gasteiger partial charge >= 0.3 is 0 Å². The van der Waals surface area contributed by atoms with Crippen LogP contribution >= 0.6 is 0 Å². The van der Waals surface area contributed by atoms with Crippen LogP contribution in [0.25, 0.3) is 0 Å². The van der Waals surface area contributed by atoms with Crippen molar-refractivity contribution in [3.05, 3.63) is 12.2 Å². The molecule has 1 heteroatoms. The van der Waals surface area contributed by atoms with Gasteiger partial charge in [-0.2, -0.15) is 0 Å². The third kappa shape index (κ3) is 2.88. The van der Waals surface area contributed by atoms with Gasteiger partial charge in [-0.05, 0) is 62.2 Å². The Hall–Kier alpha value is -0.300. The lowest BCUT2D eigenvalue weighted by molar-refractivity contribution is 0.00991. The van der Waals surface area contributed by atoms with Crippen LogP contribution in [0.1, 0.15) is 52.4 Å². The van der Waals surface area contributed by atoms with Crippen LogP contribution < -0.4 is 0 Å². The average molecular weight is 222 g/mol. The Bertz CT molecular complexity index is 236. The maximum Gasteiger partial charge on any atom is 0.0599 e. The van der Waals surface area contributed by atoms with Gasteiger partial charge in [0.1, 0.15) is 0 Å². The normalized spacial score (nSPS) is 41.9. The molecule has 0 radical (unpaired) electrons. The van der Waals surface area contributed by atoms with Crippen LogP contribution in [0.2, 0.25) is 0 Å². The maximum atomic E-state index is 10.5. The van der Waals surface area contributed by atoms with Gasteiger partial charge in [0.2, 0.25) is 0 Å². The fourth-order valence-corrected chi connectivity index (χ4v) is 3.80. The first-order chi connectivity index (χ1) is 7.66. The van der Waals surface area contributed by atoms with Gasteiger partial charge in [0, 0.05) is 0 Å². The van der Waals surface area contributed by atoms with Crippen molar-refractivity contribution in [2.75, 3.05) is 0 Å². The largest absolute Gasteiger partial charge is 0.393 e. The molecule has 0 spiro atoms. The fourth-order valence-electron chi connectivity index (χ4n) is 3.80. The lowest BCUT2D eigenvalue weighted by Crippen LogP contribution is -2.35. The Labute approximate surface area is 99.9 Å². The fraction of sp³-hybridized carbons (Fsp3) is 0.867. The number of allylic oxidation sites excluding steroid dienone is 2. The Morgan fingerprint density at radius 1 is 1.00 bits per heavy atom. The monoisotopic (exact) mass is 222 g/mol. The molecule has 1 saturated carbocycles. The van der Waals surface area contributed by atoms with Gasteiger partial charge in [0.15, 0.2) is 0 Å². The summed E-state index contributed by atoms with van der Waals surface area (Å²) in [6, 6.07) is 0. The summed E-state index contributed by atoms with van der Waals surface area (Å²) in [5.41, 5.74) is 0. The van der Waals surface area contributed by atoms with Crippen molar-refractivity contribution in [2.24, 2.45) is 23.7 Å². The number of rotatable bonds is 2. The van der Waals surface area contributed by atoms with E-state index in [4.69, 9.17) is 0 Å². The molecule has 16 heavy (non-hydrogen) atoms. The number of hydrogen-bond donors (Lipinski definition) is 1. The zero-order valence-electron chi connectivity index (χ0n) is 10.7. The van der Waals surface area contributed by atoms with Gasteiger partial charge in [0.25, 0.3) is 0 Å². The molecule has 0 amide bonds. The van der Waals surface area contributed by atoms with E-state index in [0.29, 0.717) is 11.8 Å². The van der Waals surface area contributed by atoms with E-state index in [0.717, 1.165) is 18.3 Å². The van der Waals surface area contributed by atoms with Gasteiger partial charge in [-0.15, -0.1) is 0 Å². The number of aliphatic hydroxyl groups excluding tert-OH is 1. The zero-order chi connectivity index (χ0) is 11.5. The molecule has 0 aromatic carbocycles. The minimum absolute atomic E-state index is 0.0462. The second-order valence-electron chi connectivity index (χ2n) is 6.21. The van der Waals surface area contributed by atoms with Crippen LogP contribution in [0.5, 0.6) is 0 Å². The van der Waals surface area contributed by atoms with Crippen LogP contribution in [0.4, 0.5) is 0 Å². The summed E-state index contributed by atoms with van der Waals surface area (Å²) in [6.07, 6.45) is 11.8. The van der Waals surface area contributed by atoms with Gasteiger partial charge in [-0.1, -0.05) is 26.0 Å². The summed E-state index contributed by atoms with van der Waals surface area (Å²) in [4.78, 5) is 0. The molecule has 1 N–H and O–H groups in total. The minimum Gasteiger partial charge on any atom is -0.393 e. The number of hydrogen-bond acceptors (Lipinski definition) is 1. The predicted molar refractivity (Wildman–Crippen MR) is 68.2 cm³/mol. The molecule has 4 atom stereocenters. The van der Waals surface area contributed by atoms with E-state index >= 15 is 0 Å². The molecule has 2 rings (SSSR count). The molecule has 1 fully saturated rings. The molecule has 1 nitrogen and oxygen atoms in total. The summed E-state index contributed by atoms with van der Waals surface area (Å²) in [6.45, 7) is 4.69. The van der Waals surface area contributed by atoms with Crippen molar-refractivity contribution in [2.45, 2.75) is 58.5 Å². The Morgan fingerprint density at radius 2 is 1.69 bits per heavy atom. The molecule has 4 unspecified atom stereocenters. The van der Waals surface area contributed by atoms with Crippen molar-refractivity contribution >= 4 is 0 Å². The van der Waals surface area contributed by atoms with Gasteiger partial charge in [-0.3, -0.25) is 0 Å². The summed E-state index contributed by atoms with van der Waals surface area (Å²) in [5, 5.41) is 10.5. The van der Waals surface area contributed by atoms with Gasteiger partial charge in [-0.25, -0.2) is 0 Å². The molecule has 92 valence electrons. The highest BCUT2D eigenvalue weighted by atomic mass is 16.3. The van der Waals surface area contributed by atoms with Crippen LogP contribution in [0, 0.1) is 23.7 Å². The first kappa shape index (κ1) is 12.2. The van der Waals surface area contributed by atoms with E-state index in [2.05, 4.69) is 26.0 Å². The van der Waals surface area contributed by atoms with Crippen molar-refractivity contribution in [1.29, 1.82) is 0 Å². The van der Waals surface area contributed by atoms with Crippen LogP contribution in [0.15, 0.2) is 12.2 Å². The molecular weight excluding hydrogens is 196 g/mol. The van der Waals surface area contributed by atoms with Gasteiger partial charge in [0.05, 0.1) is 6.10 Å². The van der Waals surface area contributed by atoms with Crippen molar-refractivity contribution in [3.63, 3.8) is 0 Å². The standard InChI is InChI=1S/C15H26O/c1-11-8-12(2)10-14(9-11)15(16)13-6-4-3-5-7-13/h3-4,11-16H,5-10H2,1-2H3. The highest BCUT2D eigenvalue weighted by molar-refractivity contribution is 4.94. The highest BCUT2D eigenvalue weighted by Gasteiger charge is 2.33. The van der Waals surface area contributed by atoms with Crippen LogP contribution in [-0.2, 0) is 0 Å². The summed E-state index contributed by atoms with van der Waals surface area (Å²) >= 11 is 0. The Balaban J connectivity index is 1.92.